The first-order valence-electron chi connectivity index (χ1n) is 14.0. The molecule has 1 saturated carbocycles. The first-order valence-corrected chi connectivity index (χ1v) is 14.0. The predicted octanol–water partition coefficient (Wildman–Crippen LogP) is 7.26. The number of aromatic nitrogens is 2. The van der Waals surface area contributed by atoms with Crippen LogP contribution >= 0.6 is 0 Å². The van der Waals surface area contributed by atoms with Crippen molar-refractivity contribution in [3.63, 3.8) is 0 Å². The molecule has 0 unspecified atom stereocenters. The number of hydrogen-bond donors (Lipinski definition) is 3. The number of nitrogens with zero attached hydrogens (tertiary/aromatic N) is 2. The molecule has 1 fully saturated rings. The van der Waals surface area contributed by atoms with E-state index in [-0.39, 0.29) is 67.4 Å². The van der Waals surface area contributed by atoms with E-state index >= 15 is 0 Å². The van der Waals surface area contributed by atoms with Crippen LogP contribution in [0.2, 0.25) is 0 Å². The summed E-state index contributed by atoms with van der Waals surface area (Å²) in [6.07, 6.45) is -9.45. The van der Waals surface area contributed by atoms with Crippen molar-refractivity contribution in [1.82, 2.24) is 20.2 Å². The van der Waals surface area contributed by atoms with Crippen molar-refractivity contribution >= 4 is 34.7 Å². The fourth-order valence-electron chi connectivity index (χ4n) is 5.39. The fourth-order valence-corrected chi connectivity index (χ4v) is 5.39. The normalized spacial score (nSPS) is 19.4. The second kappa shape index (κ2) is 11.4. The number of nitrogens with one attached hydrogen (secondary N) is 3. The number of hydrogen-bond acceptors (Lipinski definition) is 6. The van der Waals surface area contributed by atoms with E-state index in [0.717, 1.165) is 6.07 Å². The summed E-state index contributed by atoms with van der Waals surface area (Å²) in [5.74, 6) is -1.61. The Morgan fingerprint density at radius 2 is 1.77 bits per heavy atom. The number of fused-ring (bicyclic) bond motifs is 2. The van der Waals surface area contributed by atoms with Gasteiger partial charge in [-0.05, 0) is 70.2 Å². The van der Waals surface area contributed by atoms with E-state index in [1.54, 1.807) is 20.8 Å². The summed E-state index contributed by atoms with van der Waals surface area (Å²) in [7, 11) is 0. The van der Waals surface area contributed by atoms with Crippen LogP contribution in [0, 0.1) is 5.92 Å². The number of amides is 2. The quantitative estimate of drug-likeness (QED) is 0.257. The minimum atomic E-state index is -4.70. The van der Waals surface area contributed by atoms with Crippen molar-refractivity contribution < 1.29 is 45.4 Å². The van der Waals surface area contributed by atoms with Crippen LogP contribution in [0.25, 0.3) is 11.0 Å². The van der Waals surface area contributed by atoms with E-state index in [1.807, 2.05) is 0 Å². The number of carbonyl (C=O) groups is 2. The van der Waals surface area contributed by atoms with Gasteiger partial charge in [0, 0.05) is 18.7 Å². The molecule has 15 heteroatoms. The van der Waals surface area contributed by atoms with E-state index in [1.165, 1.54) is 29.2 Å². The highest BCUT2D eigenvalue weighted by Gasteiger charge is 2.43. The third-order valence-corrected chi connectivity index (χ3v) is 7.51. The van der Waals surface area contributed by atoms with Crippen molar-refractivity contribution in [2.24, 2.45) is 5.92 Å². The van der Waals surface area contributed by atoms with Crippen LogP contribution in [-0.2, 0) is 17.5 Å². The molecule has 0 bridgehead atoms. The molecule has 3 aromatic rings. The molecule has 2 aromatic carbocycles. The van der Waals surface area contributed by atoms with Gasteiger partial charge in [-0.1, -0.05) is 6.07 Å². The average Bonchev–Trinajstić information content (AvgIpc) is 3.30. The van der Waals surface area contributed by atoms with Crippen molar-refractivity contribution in [2.45, 2.75) is 77.0 Å². The van der Waals surface area contributed by atoms with Crippen LogP contribution in [0.15, 0.2) is 30.3 Å². The van der Waals surface area contributed by atoms with Gasteiger partial charge in [0.1, 0.15) is 11.4 Å². The van der Waals surface area contributed by atoms with E-state index < -0.39 is 47.5 Å². The summed E-state index contributed by atoms with van der Waals surface area (Å²) in [5.41, 5.74) is -0.865. The lowest BCUT2D eigenvalue weighted by molar-refractivity contribution is -0.184. The second-order valence-electron chi connectivity index (χ2n) is 11.9. The second-order valence-corrected chi connectivity index (χ2v) is 11.9. The number of alkyl halides is 6. The Morgan fingerprint density at radius 1 is 1.07 bits per heavy atom. The van der Waals surface area contributed by atoms with E-state index in [4.69, 9.17) is 9.47 Å². The summed E-state index contributed by atoms with van der Waals surface area (Å²) in [5, 5.41) is 5.16. The molecular weight excluding hydrogens is 596 g/mol. The highest BCUT2D eigenvalue weighted by Crippen LogP contribution is 2.41. The molecule has 1 aliphatic heterocycles. The largest absolute Gasteiger partial charge is 0.472 e. The molecule has 0 radical (unpaired) electrons. The Kier molecular flexibility index (Phi) is 8.10. The van der Waals surface area contributed by atoms with Crippen molar-refractivity contribution in [3.05, 3.63) is 47.0 Å². The van der Waals surface area contributed by atoms with Gasteiger partial charge >= 0.3 is 18.4 Å². The Bertz CT molecular complexity index is 1550. The molecule has 2 amide bonds. The zero-order valence-electron chi connectivity index (χ0n) is 24.1. The van der Waals surface area contributed by atoms with Gasteiger partial charge in [0.2, 0.25) is 5.95 Å². The van der Waals surface area contributed by atoms with Crippen molar-refractivity contribution in [3.8, 4) is 5.75 Å². The number of benzene rings is 2. The first kappa shape index (κ1) is 31.3. The number of carbonyl (C=O) groups excluding carboxylic acids is 2. The maximum Gasteiger partial charge on any atom is 0.418 e. The lowest BCUT2D eigenvalue weighted by Gasteiger charge is -2.39. The average molecular weight is 628 g/mol. The Balaban J connectivity index is 1.34. The van der Waals surface area contributed by atoms with Gasteiger partial charge in [-0.3, -0.25) is 4.79 Å². The van der Waals surface area contributed by atoms with Gasteiger partial charge in [-0.2, -0.15) is 26.3 Å². The standard InChI is InChI=1S/C29H31F6N5O4/c1-27(2,3)44-26(42)36-13-15-4-9-19(29(33,34)35)20(10-15)37-25-38-21-11-18-23(12-22(21)39-25)43-14-40(24(18)41)17-7-5-16(6-8-17)28(30,31)32/h4,9-12,16-17H,5-8,13-14H2,1-3H3,(H,36,42)(H2,37,38,39)/t16-,17-. The van der Waals surface area contributed by atoms with Gasteiger partial charge in [-0.25, -0.2) is 9.78 Å². The molecule has 238 valence electrons. The molecule has 0 spiro atoms. The molecule has 2 heterocycles. The summed E-state index contributed by atoms with van der Waals surface area (Å²) >= 11 is 0. The molecule has 9 nitrogen and oxygen atoms in total. The van der Waals surface area contributed by atoms with E-state index in [0.29, 0.717) is 11.1 Å². The zero-order valence-corrected chi connectivity index (χ0v) is 24.1. The number of ether oxygens (including phenoxy) is 2. The lowest BCUT2D eigenvalue weighted by atomic mass is 9.84. The number of anilines is 2. The van der Waals surface area contributed by atoms with Crippen LogP contribution in [0.3, 0.4) is 0 Å². The molecule has 44 heavy (non-hydrogen) atoms. The van der Waals surface area contributed by atoms with Gasteiger partial charge in [-0.15, -0.1) is 0 Å². The predicted molar refractivity (Wildman–Crippen MR) is 147 cm³/mol. The van der Waals surface area contributed by atoms with Crippen LogP contribution < -0.4 is 15.4 Å². The van der Waals surface area contributed by atoms with E-state index in [9.17, 15) is 35.9 Å². The van der Waals surface area contributed by atoms with Crippen molar-refractivity contribution in [1.29, 1.82) is 0 Å². The summed E-state index contributed by atoms with van der Waals surface area (Å²) in [6.45, 7) is 4.82. The molecule has 1 aromatic heterocycles. The maximum absolute atomic E-state index is 13.8. The third kappa shape index (κ3) is 6.97. The molecular formula is C29H31F6N5O4. The van der Waals surface area contributed by atoms with Crippen LogP contribution in [0.4, 0.5) is 42.8 Å². The summed E-state index contributed by atoms with van der Waals surface area (Å²) in [4.78, 5) is 33.9. The van der Waals surface area contributed by atoms with Gasteiger partial charge in [0.05, 0.1) is 33.8 Å². The number of aromatic amines is 1. The molecule has 5 rings (SSSR count). The Labute approximate surface area is 248 Å². The summed E-state index contributed by atoms with van der Waals surface area (Å²) < 4.78 is 91.7. The molecule has 1 aliphatic carbocycles. The van der Waals surface area contributed by atoms with Crippen molar-refractivity contribution in [2.75, 3.05) is 12.0 Å². The molecule has 0 atom stereocenters. The van der Waals surface area contributed by atoms with Crippen LogP contribution in [0.5, 0.6) is 5.75 Å². The number of alkyl carbamates (subject to hydrolysis) is 1. The van der Waals surface area contributed by atoms with Gasteiger partial charge in [0.25, 0.3) is 5.91 Å². The topological polar surface area (TPSA) is 109 Å². The minimum absolute atomic E-state index is 0.0418. The van der Waals surface area contributed by atoms with Crippen LogP contribution in [-0.4, -0.2) is 51.4 Å². The first-order chi connectivity index (χ1) is 20.5. The Morgan fingerprint density at radius 3 is 2.41 bits per heavy atom. The fraction of sp³-hybridized carbons (Fsp3) is 0.483. The monoisotopic (exact) mass is 627 g/mol. The van der Waals surface area contributed by atoms with E-state index in [2.05, 4.69) is 20.6 Å². The molecule has 0 saturated heterocycles. The summed E-state index contributed by atoms with van der Waals surface area (Å²) in [6, 6.07) is 5.90. The molecule has 3 N–H and O–H groups in total. The minimum Gasteiger partial charge on any atom is -0.472 e. The third-order valence-electron chi connectivity index (χ3n) is 7.51. The Hall–Kier alpha value is -4.17. The van der Waals surface area contributed by atoms with Crippen LogP contribution in [0.1, 0.15) is 67.9 Å². The highest BCUT2D eigenvalue weighted by atomic mass is 19.4. The number of rotatable bonds is 5. The number of halogens is 6. The SMILES string of the molecule is CC(C)(C)OC(=O)NCc1ccc(C(F)(F)F)c(Nc2nc3cc4c(cc3[nH]2)OCN([C@H]2CC[C@H](C(F)(F)F)CC2)C4=O)c1. The zero-order chi connectivity index (χ0) is 32.0. The van der Waals surface area contributed by atoms with Gasteiger partial charge < -0.3 is 30.0 Å². The number of imidazole rings is 1. The maximum atomic E-state index is 13.8. The van der Waals surface area contributed by atoms with Gasteiger partial charge in [0.15, 0.2) is 6.73 Å². The molecule has 2 aliphatic rings. The number of H-pyrrole nitrogens is 1. The smallest absolute Gasteiger partial charge is 0.418 e. The highest BCUT2D eigenvalue weighted by molar-refractivity contribution is 6.01. The lowest BCUT2D eigenvalue weighted by Crippen LogP contribution is -2.47.